The second kappa shape index (κ2) is 4.70. The van der Waals surface area contributed by atoms with E-state index >= 15 is 0 Å². The predicted octanol–water partition coefficient (Wildman–Crippen LogP) is 2.31. The summed E-state index contributed by atoms with van der Waals surface area (Å²) in [5.41, 5.74) is -0.276. The number of nitrogens with zero attached hydrogens (tertiary/aromatic N) is 1. The first-order valence-electron chi connectivity index (χ1n) is 5.92. The third kappa shape index (κ3) is 2.64. The van der Waals surface area contributed by atoms with Crippen molar-refractivity contribution in [3.05, 3.63) is 35.4 Å². The quantitative estimate of drug-likeness (QED) is 0.874. The van der Waals surface area contributed by atoms with E-state index in [0.29, 0.717) is 25.2 Å². The van der Waals surface area contributed by atoms with Crippen LogP contribution in [0.1, 0.15) is 25.3 Å². The van der Waals surface area contributed by atoms with Gasteiger partial charge in [0.05, 0.1) is 5.60 Å². The molecule has 0 bridgehead atoms. The van der Waals surface area contributed by atoms with Crippen molar-refractivity contribution in [1.29, 1.82) is 0 Å². The first-order chi connectivity index (χ1) is 8.04. The molecule has 0 radical (unpaired) electrons. The minimum absolute atomic E-state index is 0.351. The van der Waals surface area contributed by atoms with Gasteiger partial charge in [0, 0.05) is 25.2 Å². The van der Waals surface area contributed by atoms with Crippen molar-refractivity contribution in [2.24, 2.45) is 0 Å². The van der Waals surface area contributed by atoms with Crippen LogP contribution in [0.2, 0.25) is 0 Å². The summed E-state index contributed by atoms with van der Waals surface area (Å²) in [6, 6.07) is 4.20. The van der Waals surface area contributed by atoms with Crippen LogP contribution in [0.4, 0.5) is 8.78 Å². The summed E-state index contributed by atoms with van der Waals surface area (Å²) in [5, 5.41) is 9.97. The van der Waals surface area contributed by atoms with E-state index in [9.17, 15) is 13.9 Å². The third-order valence-electron chi connectivity index (χ3n) is 3.18. The van der Waals surface area contributed by atoms with E-state index < -0.39 is 17.2 Å². The normalized spacial score (nSPS) is 19.1. The maximum Gasteiger partial charge on any atom is 0.163 e. The van der Waals surface area contributed by atoms with Crippen molar-refractivity contribution in [3.63, 3.8) is 0 Å². The Bertz CT molecular complexity index is 402. The summed E-state index contributed by atoms with van der Waals surface area (Å²) in [5.74, 6) is -1.59. The maximum atomic E-state index is 13.4. The zero-order valence-electron chi connectivity index (χ0n) is 9.92. The highest BCUT2D eigenvalue weighted by atomic mass is 19.2. The molecule has 1 saturated heterocycles. The molecule has 0 atom stereocenters. The first kappa shape index (κ1) is 12.5. The Hall–Kier alpha value is -1.00. The molecule has 1 aromatic rings. The van der Waals surface area contributed by atoms with Crippen LogP contribution in [0.15, 0.2) is 18.2 Å². The smallest absolute Gasteiger partial charge is 0.163 e. The number of rotatable bonds is 4. The zero-order valence-corrected chi connectivity index (χ0v) is 9.92. The van der Waals surface area contributed by atoms with E-state index in [1.165, 1.54) is 6.07 Å². The maximum absolute atomic E-state index is 13.4. The van der Waals surface area contributed by atoms with E-state index in [2.05, 4.69) is 0 Å². The standard InChI is InChI=1S/C13H17F2NO/c1-2-6-13(17)8-16(9-13)7-10-4-3-5-11(14)12(10)15/h3-5,17H,2,6-9H2,1H3. The highest BCUT2D eigenvalue weighted by Crippen LogP contribution is 2.27. The average Bonchev–Trinajstić information content (AvgIpc) is 2.23. The number of β-amino-alcohol motifs (C(OH)–C–C–N with tert-alkyl or cyclic N) is 1. The summed E-state index contributed by atoms with van der Waals surface area (Å²) in [4.78, 5) is 1.92. The van der Waals surface area contributed by atoms with E-state index in [1.807, 2.05) is 11.8 Å². The Balaban J connectivity index is 1.94. The van der Waals surface area contributed by atoms with Gasteiger partial charge in [-0.2, -0.15) is 0 Å². The molecular formula is C13H17F2NO. The molecule has 17 heavy (non-hydrogen) atoms. The second-order valence-electron chi connectivity index (χ2n) is 4.83. The molecule has 1 aromatic carbocycles. The molecule has 1 heterocycles. The lowest BCUT2D eigenvalue weighted by molar-refractivity contribution is -0.107. The van der Waals surface area contributed by atoms with Crippen LogP contribution in [0.25, 0.3) is 0 Å². The Morgan fingerprint density at radius 2 is 2.06 bits per heavy atom. The van der Waals surface area contributed by atoms with E-state index in [-0.39, 0.29) is 0 Å². The molecule has 2 nitrogen and oxygen atoms in total. The van der Waals surface area contributed by atoms with Crippen molar-refractivity contribution < 1.29 is 13.9 Å². The Kier molecular flexibility index (Phi) is 3.45. The third-order valence-corrected chi connectivity index (χ3v) is 3.18. The van der Waals surface area contributed by atoms with Crippen LogP contribution in [0.3, 0.4) is 0 Å². The molecule has 0 aromatic heterocycles. The lowest BCUT2D eigenvalue weighted by Gasteiger charge is -2.46. The minimum Gasteiger partial charge on any atom is -0.387 e. The average molecular weight is 241 g/mol. The van der Waals surface area contributed by atoms with Crippen LogP contribution < -0.4 is 0 Å². The summed E-state index contributed by atoms with van der Waals surface area (Å²) >= 11 is 0. The van der Waals surface area contributed by atoms with Gasteiger partial charge in [-0.1, -0.05) is 25.5 Å². The van der Waals surface area contributed by atoms with E-state index in [4.69, 9.17) is 0 Å². The molecule has 2 rings (SSSR count). The van der Waals surface area contributed by atoms with Gasteiger partial charge in [0.1, 0.15) is 0 Å². The van der Waals surface area contributed by atoms with Gasteiger partial charge in [0.25, 0.3) is 0 Å². The Morgan fingerprint density at radius 3 is 2.71 bits per heavy atom. The van der Waals surface area contributed by atoms with Gasteiger partial charge in [-0.25, -0.2) is 8.78 Å². The van der Waals surface area contributed by atoms with Crippen LogP contribution in [-0.2, 0) is 6.54 Å². The summed E-state index contributed by atoms with van der Waals surface area (Å²) < 4.78 is 26.4. The molecule has 1 aliphatic heterocycles. The van der Waals surface area contributed by atoms with Crippen LogP contribution in [0, 0.1) is 11.6 Å². The van der Waals surface area contributed by atoms with Gasteiger partial charge >= 0.3 is 0 Å². The van der Waals surface area contributed by atoms with Gasteiger partial charge in [-0.15, -0.1) is 0 Å². The Morgan fingerprint density at radius 1 is 1.35 bits per heavy atom. The monoisotopic (exact) mass is 241 g/mol. The fourth-order valence-corrected chi connectivity index (χ4v) is 2.43. The summed E-state index contributed by atoms with van der Waals surface area (Å²) in [6.45, 7) is 3.45. The molecule has 1 N–H and O–H groups in total. The number of aliphatic hydroxyl groups is 1. The fraction of sp³-hybridized carbons (Fsp3) is 0.538. The van der Waals surface area contributed by atoms with Crippen molar-refractivity contribution >= 4 is 0 Å². The summed E-state index contributed by atoms with van der Waals surface area (Å²) in [6.07, 6.45) is 1.69. The van der Waals surface area contributed by atoms with E-state index in [0.717, 1.165) is 18.9 Å². The number of hydrogen-bond acceptors (Lipinski definition) is 2. The Labute approximate surface area is 99.9 Å². The lowest BCUT2D eigenvalue weighted by atomic mass is 9.89. The van der Waals surface area contributed by atoms with Gasteiger partial charge in [-0.3, -0.25) is 4.90 Å². The molecule has 1 fully saturated rings. The highest BCUT2D eigenvalue weighted by Gasteiger charge is 2.40. The van der Waals surface area contributed by atoms with Crippen molar-refractivity contribution in [2.75, 3.05) is 13.1 Å². The number of benzene rings is 1. The predicted molar refractivity (Wildman–Crippen MR) is 61.5 cm³/mol. The van der Waals surface area contributed by atoms with E-state index in [1.54, 1.807) is 6.07 Å². The minimum atomic E-state index is -0.813. The SMILES string of the molecule is CCCC1(O)CN(Cc2cccc(F)c2F)C1. The molecule has 0 unspecified atom stereocenters. The lowest BCUT2D eigenvalue weighted by Crippen LogP contribution is -2.61. The number of likely N-dealkylation sites (tertiary alicyclic amines) is 1. The summed E-state index contributed by atoms with van der Waals surface area (Å²) in [7, 11) is 0. The molecule has 4 heteroatoms. The molecule has 1 aliphatic rings. The zero-order chi connectivity index (χ0) is 12.5. The van der Waals surface area contributed by atoms with Gasteiger partial charge in [-0.05, 0) is 12.5 Å². The second-order valence-corrected chi connectivity index (χ2v) is 4.83. The van der Waals surface area contributed by atoms with Crippen molar-refractivity contribution in [1.82, 2.24) is 4.90 Å². The first-order valence-corrected chi connectivity index (χ1v) is 5.92. The van der Waals surface area contributed by atoms with Crippen LogP contribution >= 0.6 is 0 Å². The molecule has 0 spiro atoms. The van der Waals surface area contributed by atoms with Crippen LogP contribution in [0.5, 0.6) is 0 Å². The molecule has 0 aliphatic carbocycles. The van der Waals surface area contributed by atoms with Gasteiger partial charge < -0.3 is 5.11 Å². The molecule has 0 amide bonds. The van der Waals surface area contributed by atoms with Gasteiger partial charge in [0.15, 0.2) is 11.6 Å². The number of halogens is 2. The van der Waals surface area contributed by atoms with Crippen molar-refractivity contribution in [2.45, 2.75) is 31.9 Å². The topological polar surface area (TPSA) is 23.5 Å². The van der Waals surface area contributed by atoms with Gasteiger partial charge in [0.2, 0.25) is 0 Å². The largest absolute Gasteiger partial charge is 0.387 e. The van der Waals surface area contributed by atoms with Crippen LogP contribution in [-0.4, -0.2) is 28.7 Å². The molecule has 0 saturated carbocycles. The molecule has 94 valence electrons. The van der Waals surface area contributed by atoms with Crippen molar-refractivity contribution in [3.8, 4) is 0 Å². The molecular weight excluding hydrogens is 224 g/mol. The number of hydrogen-bond donors (Lipinski definition) is 1. The highest BCUT2D eigenvalue weighted by molar-refractivity contribution is 5.19. The fourth-order valence-electron chi connectivity index (χ4n) is 2.43.